The molecule has 2 N–H and O–H groups in total. The number of nitrogens with one attached hydrogen (secondary N) is 1. The number of nitrogens with zero attached hydrogens (tertiary/aromatic N) is 1. The highest BCUT2D eigenvalue weighted by Crippen LogP contribution is 2.26. The van der Waals surface area contributed by atoms with Crippen LogP contribution in [0.15, 0.2) is 39.9 Å². The van der Waals surface area contributed by atoms with Gasteiger partial charge in [0.2, 0.25) is 0 Å². The van der Waals surface area contributed by atoms with Gasteiger partial charge in [0.1, 0.15) is 16.9 Å². The van der Waals surface area contributed by atoms with E-state index >= 15 is 0 Å². The van der Waals surface area contributed by atoms with Crippen LogP contribution >= 0.6 is 0 Å². The number of sulfonamides is 1. The van der Waals surface area contributed by atoms with Crippen LogP contribution in [-0.2, 0) is 10.0 Å². The van der Waals surface area contributed by atoms with Crippen molar-refractivity contribution in [1.82, 2.24) is 5.16 Å². The summed E-state index contributed by atoms with van der Waals surface area (Å²) in [5.74, 6) is -1.25. The SMILES string of the molecule is COc1ccc(C(=O)O)cc1S(=O)(=O)Nc1ccon1. The highest BCUT2D eigenvalue weighted by Gasteiger charge is 2.22. The Balaban J connectivity index is 2.48. The zero-order valence-corrected chi connectivity index (χ0v) is 11.0. The van der Waals surface area contributed by atoms with Gasteiger partial charge in [0.05, 0.1) is 12.7 Å². The van der Waals surface area contributed by atoms with E-state index in [2.05, 4.69) is 14.4 Å². The predicted octanol–water partition coefficient (Wildman–Crippen LogP) is 1.18. The van der Waals surface area contributed by atoms with Gasteiger partial charge in [-0.3, -0.25) is 4.72 Å². The van der Waals surface area contributed by atoms with Crippen molar-refractivity contribution in [3.05, 3.63) is 36.1 Å². The van der Waals surface area contributed by atoms with Crippen molar-refractivity contribution in [2.24, 2.45) is 0 Å². The summed E-state index contributed by atoms with van der Waals surface area (Å²) in [6.07, 6.45) is 1.20. The number of ether oxygens (including phenoxy) is 1. The molecule has 0 fully saturated rings. The van der Waals surface area contributed by atoms with Gasteiger partial charge in [-0.1, -0.05) is 5.16 Å². The molecule has 0 saturated carbocycles. The zero-order chi connectivity index (χ0) is 14.8. The lowest BCUT2D eigenvalue weighted by atomic mass is 10.2. The summed E-state index contributed by atoms with van der Waals surface area (Å²) in [6.45, 7) is 0. The van der Waals surface area contributed by atoms with Crippen LogP contribution in [0.4, 0.5) is 5.82 Å². The second kappa shape index (κ2) is 5.21. The first-order valence-corrected chi connectivity index (χ1v) is 6.77. The number of carboxylic acids is 1. The molecule has 2 aromatic rings. The van der Waals surface area contributed by atoms with Crippen molar-refractivity contribution in [2.75, 3.05) is 11.8 Å². The van der Waals surface area contributed by atoms with Crippen molar-refractivity contribution in [2.45, 2.75) is 4.90 Å². The van der Waals surface area contributed by atoms with Crippen LogP contribution in [-0.4, -0.2) is 31.8 Å². The number of aromatic nitrogens is 1. The average Bonchev–Trinajstić information content (AvgIpc) is 2.90. The summed E-state index contributed by atoms with van der Waals surface area (Å²) < 4.78 is 36.0. The number of hydrogen-bond acceptors (Lipinski definition) is 6. The van der Waals surface area contributed by atoms with Crippen LogP contribution in [0.1, 0.15) is 10.4 Å². The monoisotopic (exact) mass is 298 g/mol. The maximum atomic E-state index is 12.2. The molecule has 1 aromatic heterocycles. The molecule has 0 bridgehead atoms. The predicted molar refractivity (Wildman–Crippen MR) is 67.3 cm³/mol. The lowest BCUT2D eigenvalue weighted by Gasteiger charge is -2.10. The van der Waals surface area contributed by atoms with Crippen LogP contribution in [0, 0.1) is 0 Å². The second-order valence-corrected chi connectivity index (χ2v) is 5.31. The number of aromatic carboxylic acids is 1. The molecule has 106 valence electrons. The summed E-state index contributed by atoms with van der Waals surface area (Å²) in [5.41, 5.74) is -0.175. The summed E-state index contributed by atoms with van der Waals surface area (Å²) in [7, 11) is -2.76. The molecule has 0 aliphatic carbocycles. The van der Waals surface area contributed by atoms with Crippen molar-refractivity contribution in [1.29, 1.82) is 0 Å². The number of anilines is 1. The smallest absolute Gasteiger partial charge is 0.335 e. The highest BCUT2D eigenvalue weighted by molar-refractivity contribution is 7.92. The Bertz CT molecular complexity index is 723. The van der Waals surface area contributed by atoms with Gasteiger partial charge in [0, 0.05) is 6.07 Å². The maximum Gasteiger partial charge on any atom is 0.335 e. The van der Waals surface area contributed by atoms with Gasteiger partial charge in [-0.25, -0.2) is 13.2 Å². The molecule has 0 saturated heterocycles. The number of hydrogen-bond donors (Lipinski definition) is 2. The molecule has 0 unspecified atom stereocenters. The quantitative estimate of drug-likeness (QED) is 0.850. The fraction of sp³-hybridized carbons (Fsp3) is 0.0909. The Morgan fingerprint density at radius 3 is 2.70 bits per heavy atom. The Hall–Kier alpha value is -2.55. The second-order valence-electron chi connectivity index (χ2n) is 3.66. The van der Waals surface area contributed by atoms with Crippen LogP contribution in [0.5, 0.6) is 5.75 Å². The van der Waals surface area contributed by atoms with E-state index in [0.29, 0.717) is 0 Å². The number of benzene rings is 1. The first-order valence-electron chi connectivity index (χ1n) is 5.28. The molecule has 1 aromatic carbocycles. The van der Waals surface area contributed by atoms with Gasteiger partial charge in [0.25, 0.3) is 10.0 Å². The van der Waals surface area contributed by atoms with Crippen LogP contribution in [0.25, 0.3) is 0 Å². The third-order valence-corrected chi connectivity index (χ3v) is 3.75. The first kappa shape index (κ1) is 13.9. The van der Waals surface area contributed by atoms with Gasteiger partial charge in [-0.15, -0.1) is 0 Å². The van der Waals surface area contributed by atoms with Crippen LogP contribution in [0.2, 0.25) is 0 Å². The van der Waals surface area contributed by atoms with E-state index in [9.17, 15) is 13.2 Å². The van der Waals surface area contributed by atoms with Gasteiger partial charge >= 0.3 is 5.97 Å². The molecule has 20 heavy (non-hydrogen) atoms. The third kappa shape index (κ3) is 2.72. The lowest BCUT2D eigenvalue weighted by Crippen LogP contribution is -2.15. The number of methoxy groups -OCH3 is 1. The lowest BCUT2D eigenvalue weighted by molar-refractivity contribution is 0.0696. The Morgan fingerprint density at radius 1 is 1.40 bits per heavy atom. The van der Waals surface area contributed by atoms with Crippen molar-refractivity contribution in [3.8, 4) is 5.75 Å². The molecule has 0 radical (unpaired) electrons. The molecule has 8 nitrogen and oxygen atoms in total. The molecule has 2 rings (SSSR count). The van der Waals surface area contributed by atoms with Crippen LogP contribution < -0.4 is 9.46 Å². The van der Waals surface area contributed by atoms with Gasteiger partial charge in [0.15, 0.2) is 5.82 Å². The van der Waals surface area contributed by atoms with E-state index in [4.69, 9.17) is 9.84 Å². The topological polar surface area (TPSA) is 119 Å². The molecular weight excluding hydrogens is 288 g/mol. The van der Waals surface area contributed by atoms with Gasteiger partial charge in [-0.2, -0.15) is 0 Å². The minimum Gasteiger partial charge on any atom is -0.495 e. The maximum absolute atomic E-state index is 12.2. The van der Waals surface area contributed by atoms with E-state index < -0.39 is 16.0 Å². The summed E-state index contributed by atoms with van der Waals surface area (Å²) in [4.78, 5) is 10.6. The van der Waals surface area contributed by atoms with Crippen LogP contribution in [0.3, 0.4) is 0 Å². The normalized spacial score (nSPS) is 11.1. The Labute approximate surface area is 114 Å². The molecular formula is C11H10N2O6S. The van der Waals surface area contributed by atoms with Gasteiger partial charge < -0.3 is 14.4 Å². The van der Waals surface area contributed by atoms with E-state index in [0.717, 1.165) is 6.07 Å². The number of rotatable bonds is 5. The minimum atomic E-state index is -4.04. The minimum absolute atomic E-state index is 0.0194. The molecule has 0 atom stereocenters. The van der Waals surface area contributed by atoms with E-state index in [1.165, 1.54) is 31.6 Å². The highest BCUT2D eigenvalue weighted by atomic mass is 32.2. The summed E-state index contributed by atoms with van der Waals surface area (Å²) in [5, 5.41) is 12.3. The van der Waals surface area contributed by atoms with Gasteiger partial charge in [-0.05, 0) is 18.2 Å². The molecule has 1 heterocycles. The standard InChI is InChI=1S/C11H10N2O6S/c1-18-8-3-2-7(11(14)15)6-9(8)20(16,17)13-10-4-5-19-12-10/h2-6H,1H3,(H,12,13)(H,14,15). The third-order valence-electron chi connectivity index (χ3n) is 2.38. The fourth-order valence-electron chi connectivity index (χ4n) is 1.48. The fourth-order valence-corrected chi connectivity index (χ4v) is 2.67. The summed E-state index contributed by atoms with van der Waals surface area (Å²) in [6, 6.07) is 4.83. The largest absolute Gasteiger partial charge is 0.495 e. The van der Waals surface area contributed by atoms with Crippen molar-refractivity contribution < 1.29 is 27.6 Å². The molecule has 0 amide bonds. The van der Waals surface area contributed by atoms with E-state index in [1.807, 2.05) is 0 Å². The molecule has 0 aliphatic heterocycles. The van der Waals surface area contributed by atoms with E-state index in [-0.39, 0.29) is 22.0 Å². The number of carbonyl (C=O) groups is 1. The van der Waals surface area contributed by atoms with Crippen molar-refractivity contribution >= 4 is 21.8 Å². The molecule has 0 spiro atoms. The number of carboxylic acid groups (broad SMARTS) is 1. The molecule has 9 heteroatoms. The molecule has 0 aliphatic rings. The first-order chi connectivity index (χ1) is 9.44. The Morgan fingerprint density at radius 2 is 2.15 bits per heavy atom. The summed E-state index contributed by atoms with van der Waals surface area (Å²) >= 11 is 0. The zero-order valence-electron chi connectivity index (χ0n) is 10.2. The van der Waals surface area contributed by atoms with Crippen molar-refractivity contribution in [3.63, 3.8) is 0 Å². The van der Waals surface area contributed by atoms with E-state index in [1.54, 1.807) is 0 Å². The average molecular weight is 298 g/mol. The Kier molecular flexibility index (Phi) is 3.61.